The third-order valence-electron chi connectivity index (χ3n) is 5.02. The lowest BCUT2D eigenvalue weighted by Crippen LogP contribution is -2.41. The van der Waals surface area contributed by atoms with E-state index in [0.29, 0.717) is 53.2 Å². The zero-order chi connectivity index (χ0) is 19.2. The summed E-state index contributed by atoms with van der Waals surface area (Å²) < 4.78 is 11.7. The van der Waals surface area contributed by atoms with Crippen molar-refractivity contribution in [3.8, 4) is 0 Å². The van der Waals surface area contributed by atoms with Gasteiger partial charge in [0, 0.05) is 6.54 Å². The van der Waals surface area contributed by atoms with Gasteiger partial charge in [-0.25, -0.2) is 15.0 Å². The summed E-state index contributed by atoms with van der Waals surface area (Å²) in [6, 6.07) is 0. The predicted molar refractivity (Wildman–Crippen MR) is 112 cm³/mol. The number of aromatic nitrogens is 4. The molecule has 3 rings (SSSR count). The van der Waals surface area contributed by atoms with Gasteiger partial charge in [0.1, 0.15) is 28.9 Å². The van der Waals surface area contributed by atoms with Crippen LogP contribution in [-0.4, -0.2) is 55.6 Å². The Morgan fingerprint density at radius 2 is 2.00 bits per heavy atom. The fraction of sp³-hybridized carbons (Fsp3) is 0.667. The number of halogens is 1. The van der Waals surface area contributed by atoms with Crippen LogP contribution in [0.4, 0.5) is 11.6 Å². The highest BCUT2D eigenvalue weighted by Gasteiger charge is 2.24. The molecular weight excluding hydrogens is 384 g/mol. The first kappa shape index (κ1) is 20.4. The van der Waals surface area contributed by atoms with E-state index in [0.717, 1.165) is 13.0 Å². The highest BCUT2D eigenvalue weighted by Crippen LogP contribution is 2.28. The summed E-state index contributed by atoms with van der Waals surface area (Å²) in [6.45, 7) is 6.64. The van der Waals surface area contributed by atoms with Crippen molar-refractivity contribution in [2.45, 2.75) is 39.5 Å². The lowest BCUT2D eigenvalue weighted by atomic mass is 9.99. The van der Waals surface area contributed by atoms with E-state index >= 15 is 0 Å². The van der Waals surface area contributed by atoms with Crippen LogP contribution in [0.25, 0.3) is 11.0 Å². The lowest BCUT2D eigenvalue weighted by molar-refractivity contribution is 0.472. The van der Waals surface area contributed by atoms with Gasteiger partial charge in [-0.05, 0) is 23.9 Å². The fourth-order valence-electron chi connectivity index (χ4n) is 3.29. The molecule has 0 radical (unpaired) electrons. The van der Waals surface area contributed by atoms with Crippen molar-refractivity contribution < 1.29 is 4.55 Å². The zero-order valence-corrected chi connectivity index (χ0v) is 17.5. The molecule has 7 nitrogen and oxygen atoms in total. The molecule has 27 heavy (non-hydrogen) atoms. The second-order valence-electron chi connectivity index (χ2n) is 6.87. The second-order valence-corrected chi connectivity index (χ2v) is 8.90. The van der Waals surface area contributed by atoms with Crippen molar-refractivity contribution in [2.75, 3.05) is 41.4 Å². The van der Waals surface area contributed by atoms with Crippen molar-refractivity contribution in [3.05, 3.63) is 11.6 Å². The van der Waals surface area contributed by atoms with E-state index in [1.807, 2.05) is 0 Å². The molecule has 1 fully saturated rings. The summed E-state index contributed by atoms with van der Waals surface area (Å²) >= 11 is 5.46. The van der Waals surface area contributed by atoms with Gasteiger partial charge in [0.25, 0.3) is 0 Å². The van der Waals surface area contributed by atoms with Gasteiger partial charge in [-0.3, -0.25) is 0 Å². The van der Waals surface area contributed by atoms with Gasteiger partial charge >= 0.3 is 0 Å². The first-order chi connectivity index (χ1) is 13.1. The SMILES string of the molecule is CCCCC(CC)CNc1ncnc2c(N3CC[S+]([O-])CC3)nc(Cl)nc12. The normalized spacial score (nSPS) is 16.7. The summed E-state index contributed by atoms with van der Waals surface area (Å²) in [7, 11) is 0. The van der Waals surface area contributed by atoms with Gasteiger partial charge in [0.2, 0.25) is 5.28 Å². The molecule has 2 aromatic heterocycles. The van der Waals surface area contributed by atoms with Crippen LogP contribution in [0.3, 0.4) is 0 Å². The van der Waals surface area contributed by atoms with Crippen molar-refractivity contribution in [2.24, 2.45) is 5.92 Å². The largest absolute Gasteiger partial charge is 0.616 e. The number of fused-ring (bicyclic) bond motifs is 1. The maximum absolute atomic E-state index is 11.7. The van der Waals surface area contributed by atoms with E-state index < -0.39 is 11.2 Å². The molecule has 2 aromatic rings. The van der Waals surface area contributed by atoms with Crippen LogP contribution in [-0.2, 0) is 11.2 Å². The first-order valence-electron chi connectivity index (χ1n) is 9.64. The number of nitrogens with zero attached hydrogens (tertiary/aromatic N) is 5. The summed E-state index contributed by atoms with van der Waals surface area (Å²) in [5.74, 6) is 3.26. The Bertz CT molecular complexity index is 756. The van der Waals surface area contributed by atoms with E-state index in [1.165, 1.54) is 19.3 Å². The van der Waals surface area contributed by atoms with Crippen LogP contribution in [0.5, 0.6) is 0 Å². The molecule has 148 valence electrons. The van der Waals surface area contributed by atoms with Gasteiger partial charge in [-0.1, -0.05) is 44.3 Å². The number of anilines is 2. The van der Waals surface area contributed by atoms with Crippen molar-refractivity contribution in [3.63, 3.8) is 0 Å². The monoisotopic (exact) mass is 410 g/mol. The molecule has 0 spiro atoms. The number of unbranched alkanes of at least 4 members (excludes halogenated alkanes) is 1. The maximum Gasteiger partial charge on any atom is 0.225 e. The quantitative estimate of drug-likeness (QED) is 0.527. The van der Waals surface area contributed by atoms with E-state index in [9.17, 15) is 4.55 Å². The van der Waals surface area contributed by atoms with Crippen LogP contribution in [0.15, 0.2) is 6.33 Å². The van der Waals surface area contributed by atoms with Gasteiger partial charge in [0.05, 0.1) is 13.1 Å². The van der Waals surface area contributed by atoms with E-state index in [1.54, 1.807) is 6.33 Å². The Kier molecular flexibility index (Phi) is 7.32. The number of nitrogens with one attached hydrogen (secondary N) is 1. The molecule has 3 heterocycles. The van der Waals surface area contributed by atoms with E-state index in [4.69, 9.17) is 11.6 Å². The van der Waals surface area contributed by atoms with Crippen LogP contribution in [0.1, 0.15) is 39.5 Å². The van der Waals surface area contributed by atoms with Crippen molar-refractivity contribution >= 4 is 45.4 Å². The molecule has 0 aliphatic carbocycles. The van der Waals surface area contributed by atoms with Crippen LogP contribution in [0, 0.1) is 5.92 Å². The minimum atomic E-state index is -0.754. The standard InChI is InChI=1S/C18H27ClN6OS/c1-3-5-6-13(4-2)11-20-16-14-15(21-12-22-16)17(24-18(19)23-14)25-7-9-27(26)10-8-25/h12-13H,3-11H2,1-2H3,(H,20,21,22). The topological polar surface area (TPSA) is 89.9 Å². The Morgan fingerprint density at radius 3 is 2.70 bits per heavy atom. The molecule has 1 N–H and O–H groups in total. The van der Waals surface area contributed by atoms with Crippen LogP contribution >= 0.6 is 11.6 Å². The molecule has 1 aliphatic rings. The molecule has 1 atom stereocenters. The van der Waals surface area contributed by atoms with E-state index in [2.05, 4.69) is 44.0 Å². The highest BCUT2D eigenvalue weighted by molar-refractivity contribution is 7.91. The van der Waals surface area contributed by atoms with Gasteiger partial charge in [0.15, 0.2) is 11.6 Å². The Labute approximate surface area is 168 Å². The molecule has 1 unspecified atom stereocenters. The number of rotatable bonds is 8. The molecule has 9 heteroatoms. The average molecular weight is 411 g/mol. The minimum Gasteiger partial charge on any atom is -0.616 e. The minimum absolute atomic E-state index is 0.181. The predicted octanol–water partition coefficient (Wildman–Crippen LogP) is 3.27. The summed E-state index contributed by atoms with van der Waals surface area (Å²) in [6.07, 6.45) is 6.32. The molecule has 1 saturated heterocycles. The Balaban J connectivity index is 1.85. The van der Waals surface area contributed by atoms with Crippen molar-refractivity contribution in [1.82, 2.24) is 19.9 Å². The summed E-state index contributed by atoms with van der Waals surface area (Å²) in [4.78, 5) is 19.7. The molecular formula is C18H27ClN6OS. The van der Waals surface area contributed by atoms with Gasteiger partial charge < -0.3 is 14.8 Å². The highest BCUT2D eigenvalue weighted by atomic mass is 35.5. The summed E-state index contributed by atoms with van der Waals surface area (Å²) in [5.41, 5.74) is 1.33. The molecule has 0 saturated carbocycles. The zero-order valence-electron chi connectivity index (χ0n) is 15.9. The maximum atomic E-state index is 11.7. The van der Waals surface area contributed by atoms with Crippen molar-refractivity contribution in [1.29, 1.82) is 0 Å². The first-order valence-corrected chi connectivity index (χ1v) is 11.5. The van der Waals surface area contributed by atoms with E-state index in [-0.39, 0.29) is 5.28 Å². The number of hydrogen-bond acceptors (Lipinski definition) is 7. The summed E-state index contributed by atoms with van der Waals surface area (Å²) in [5, 5.41) is 3.63. The molecule has 1 aliphatic heterocycles. The second kappa shape index (κ2) is 9.71. The number of hydrogen-bond donors (Lipinski definition) is 1. The van der Waals surface area contributed by atoms with Gasteiger partial charge in [-0.15, -0.1) is 0 Å². The van der Waals surface area contributed by atoms with Gasteiger partial charge in [-0.2, -0.15) is 4.98 Å². The lowest BCUT2D eigenvalue weighted by Gasteiger charge is -2.29. The Morgan fingerprint density at radius 1 is 1.22 bits per heavy atom. The third kappa shape index (κ3) is 5.12. The Hall–Kier alpha value is -1.38. The fourth-order valence-corrected chi connectivity index (χ4v) is 4.51. The molecule has 0 amide bonds. The molecule has 0 bridgehead atoms. The third-order valence-corrected chi connectivity index (χ3v) is 6.46. The molecule has 0 aromatic carbocycles. The average Bonchev–Trinajstić information content (AvgIpc) is 2.68. The van der Waals surface area contributed by atoms with Crippen LogP contribution < -0.4 is 10.2 Å². The van der Waals surface area contributed by atoms with Crippen LogP contribution in [0.2, 0.25) is 5.28 Å². The smallest absolute Gasteiger partial charge is 0.225 e.